The van der Waals surface area contributed by atoms with Crippen molar-refractivity contribution in [2.75, 3.05) is 5.32 Å². The lowest BCUT2D eigenvalue weighted by molar-refractivity contribution is -0.119. The van der Waals surface area contributed by atoms with E-state index in [1.165, 1.54) is 10.9 Å². The van der Waals surface area contributed by atoms with Crippen LogP contribution in [0.3, 0.4) is 0 Å². The molecular weight excluding hydrogens is 422 g/mol. The second-order valence-electron chi connectivity index (χ2n) is 8.52. The maximum Gasteiger partial charge on any atom is 0.270 e. The van der Waals surface area contributed by atoms with Crippen molar-refractivity contribution in [3.05, 3.63) is 41.8 Å². The van der Waals surface area contributed by atoms with E-state index in [4.69, 9.17) is 4.52 Å². The van der Waals surface area contributed by atoms with E-state index in [9.17, 15) is 9.59 Å². The Morgan fingerprint density at radius 3 is 2.45 bits per heavy atom. The molecule has 0 spiro atoms. The Balaban J connectivity index is 1.52. The van der Waals surface area contributed by atoms with Gasteiger partial charge in [-0.05, 0) is 38.7 Å². The van der Waals surface area contributed by atoms with Gasteiger partial charge in [0.25, 0.3) is 5.91 Å². The number of aromatic nitrogens is 5. The molecule has 1 saturated carbocycles. The van der Waals surface area contributed by atoms with E-state index in [0.717, 1.165) is 49.8 Å². The van der Waals surface area contributed by atoms with Crippen LogP contribution in [-0.2, 0) is 11.8 Å². The van der Waals surface area contributed by atoms with E-state index in [0.29, 0.717) is 23.0 Å². The van der Waals surface area contributed by atoms with Gasteiger partial charge in [0.15, 0.2) is 5.82 Å². The van der Waals surface area contributed by atoms with E-state index < -0.39 is 6.04 Å². The average Bonchev–Trinajstić information content (AvgIpc) is 3.26. The number of anilines is 1. The van der Waals surface area contributed by atoms with Gasteiger partial charge in [0.2, 0.25) is 5.91 Å². The van der Waals surface area contributed by atoms with Crippen LogP contribution < -0.4 is 10.6 Å². The summed E-state index contributed by atoms with van der Waals surface area (Å²) in [7, 11) is 1.70. The highest BCUT2D eigenvalue weighted by Gasteiger charge is 2.31. The minimum atomic E-state index is -0.672. The standard InChI is InChI=1S/C23H29N7O3/c1-14-20(15(2)33-29-14)17-12-25-19(13-24-17)27-23(32)21(16-8-6-4-5-7-9-16)28-22(31)18-10-11-26-30(18)3/h10-13,16,21H,4-9H2,1-3H3,(H,28,31)(H,25,27,32). The van der Waals surface area contributed by atoms with Crippen molar-refractivity contribution < 1.29 is 14.1 Å². The summed E-state index contributed by atoms with van der Waals surface area (Å²) in [6.45, 7) is 3.65. The van der Waals surface area contributed by atoms with Crippen LogP contribution >= 0.6 is 0 Å². The number of hydrogen-bond acceptors (Lipinski definition) is 7. The van der Waals surface area contributed by atoms with Gasteiger partial charge in [-0.2, -0.15) is 5.10 Å². The zero-order valence-electron chi connectivity index (χ0n) is 19.2. The normalized spacial score (nSPS) is 15.6. The lowest BCUT2D eigenvalue weighted by Gasteiger charge is -2.26. The van der Waals surface area contributed by atoms with E-state index in [-0.39, 0.29) is 17.7 Å². The van der Waals surface area contributed by atoms with Crippen LogP contribution in [-0.4, -0.2) is 42.8 Å². The molecule has 1 unspecified atom stereocenters. The monoisotopic (exact) mass is 451 g/mol. The molecule has 3 aromatic heterocycles. The van der Waals surface area contributed by atoms with Crippen LogP contribution in [0.1, 0.15) is 60.5 Å². The summed E-state index contributed by atoms with van der Waals surface area (Å²) in [5.41, 5.74) is 2.55. The molecule has 3 heterocycles. The summed E-state index contributed by atoms with van der Waals surface area (Å²) in [6.07, 6.45) is 10.8. The fourth-order valence-electron chi connectivity index (χ4n) is 4.43. The molecule has 0 saturated heterocycles. The SMILES string of the molecule is Cc1noc(C)c1-c1cnc(NC(=O)C(NC(=O)c2ccnn2C)C2CCCCCC2)cn1. The molecule has 1 atom stereocenters. The molecular formula is C23H29N7O3. The van der Waals surface area contributed by atoms with Crippen LogP contribution in [0.5, 0.6) is 0 Å². The van der Waals surface area contributed by atoms with Crippen molar-refractivity contribution in [1.82, 2.24) is 30.2 Å². The van der Waals surface area contributed by atoms with Crippen molar-refractivity contribution in [1.29, 1.82) is 0 Å². The third kappa shape index (κ3) is 5.10. The first kappa shape index (κ1) is 22.6. The number of nitrogens with zero attached hydrogens (tertiary/aromatic N) is 5. The predicted octanol–water partition coefficient (Wildman–Crippen LogP) is 3.19. The number of nitrogens with one attached hydrogen (secondary N) is 2. The molecule has 0 radical (unpaired) electrons. The van der Waals surface area contributed by atoms with Gasteiger partial charge >= 0.3 is 0 Å². The van der Waals surface area contributed by atoms with Crippen molar-refractivity contribution >= 4 is 17.6 Å². The van der Waals surface area contributed by atoms with Crippen LogP contribution in [0.15, 0.2) is 29.2 Å². The highest BCUT2D eigenvalue weighted by Crippen LogP contribution is 2.27. The van der Waals surface area contributed by atoms with Gasteiger partial charge in [0, 0.05) is 13.2 Å². The third-order valence-electron chi connectivity index (χ3n) is 6.19. The second-order valence-corrected chi connectivity index (χ2v) is 8.52. The number of rotatable bonds is 6. The molecule has 33 heavy (non-hydrogen) atoms. The van der Waals surface area contributed by atoms with Crippen LogP contribution in [0.4, 0.5) is 5.82 Å². The fraction of sp³-hybridized carbons (Fsp3) is 0.478. The molecule has 0 aromatic carbocycles. The Morgan fingerprint density at radius 1 is 1.12 bits per heavy atom. The van der Waals surface area contributed by atoms with Crippen LogP contribution in [0.2, 0.25) is 0 Å². The zero-order valence-corrected chi connectivity index (χ0v) is 19.2. The average molecular weight is 452 g/mol. The summed E-state index contributed by atoms with van der Waals surface area (Å²) in [5.74, 6) is 0.420. The molecule has 0 bridgehead atoms. The zero-order chi connectivity index (χ0) is 23.4. The number of carbonyl (C=O) groups is 2. The van der Waals surface area contributed by atoms with Gasteiger partial charge in [-0.15, -0.1) is 0 Å². The summed E-state index contributed by atoms with van der Waals surface area (Å²) in [6, 6.07) is 0.963. The second kappa shape index (κ2) is 9.93. The molecule has 4 rings (SSSR count). The maximum absolute atomic E-state index is 13.3. The van der Waals surface area contributed by atoms with Gasteiger partial charge in [0.1, 0.15) is 17.5 Å². The Hall–Kier alpha value is -3.56. The van der Waals surface area contributed by atoms with Gasteiger partial charge in [-0.1, -0.05) is 30.8 Å². The molecule has 2 N–H and O–H groups in total. The number of amides is 2. The van der Waals surface area contributed by atoms with E-state index in [1.54, 1.807) is 25.5 Å². The molecule has 3 aromatic rings. The van der Waals surface area contributed by atoms with Crippen LogP contribution in [0.25, 0.3) is 11.3 Å². The van der Waals surface area contributed by atoms with E-state index in [1.807, 2.05) is 13.8 Å². The molecule has 0 aliphatic heterocycles. The van der Waals surface area contributed by atoms with Crippen molar-refractivity contribution in [3.8, 4) is 11.3 Å². The minimum absolute atomic E-state index is 0.0548. The van der Waals surface area contributed by atoms with Gasteiger partial charge < -0.3 is 15.2 Å². The maximum atomic E-state index is 13.3. The Morgan fingerprint density at radius 2 is 1.88 bits per heavy atom. The quantitative estimate of drug-likeness (QED) is 0.551. The number of carbonyl (C=O) groups excluding carboxylic acids is 2. The summed E-state index contributed by atoms with van der Waals surface area (Å²) >= 11 is 0. The number of hydrogen-bond donors (Lipinski definition) is 2. The topological polar surface area (TPSA) is 128 Å². The van der Waals surface area contributed by atoms with Crippen molar-refractivity contribution in [2.45, 2.75) is 58.4 Å². The Labute approximate surface area is 192 Å². The summed E-state index contributed by atoms with van der Waals surface area (Å²) < 4.78 is 6.69. The number of aryl methyl sites for hydroxylation is 3. The summed E-state index contributed by atoms with van der Waals surface area (Å²) in [4.78, 5) is 34.9. The molecule has 10 heteroatoms. The predicted molar refractivity (Wildman–Crippen MR) is 121 cm³/mol. The molecule has 2 amide bonds. The van der Waals surface area contributed by atoms with Crippen LogP contribution in [0, 0.1) is 19.8 Å². The third-order valence-corrected chi connectivity index (χ3v) is 6.19. The molecule has 10 nitrogen and oxygen atoms in total. The smallest absolute Gasteiger partial charge is 0.270 e. The highest BCUT2D eigenvalue weighted by molar-refractivity contribution is 6.00. The van der Waals surface area contributed by atoms with E-state index >= 15 is 0 Å². The highest BCUT2D eigenvalue weighted by atomic mass is 16.5. The molecule has 1 fully saturated rings. The summed E-state index contributed by atoms with van der Waals surface area (Å²) in [5, 5.41) is 13.8. The Bertz CT molecular complexity index is 1090. The molecule has 1 aliphatic rings. The molecule has 174 valence electrons. The first-order chi connectivity index (χ1) is 15.9. The van der Waals surface area contributed by atoms with E-state index in [2.05, 4.69) is 30.9 Å². The van der Waals surface area contributed by atoms with Crippen molar-refractivity contribution in [3.63, 3.8) is 0 Å². The lowest BCUT2D eigenvalue weighted by atomic mass is 9.91. The van der Waals surface area contributed by atoms with Gasteiger partial charge in [-0.25, -0.2) is 4.98 Å². The first-order valence-electron chi connectivity index (χ1n) is 11.3. The minimum Gasteiger partial charge on any atom is -0.361 e. The fourth-order valence-corrected chi connectivity index (χ4v) is 4.43. The molecule has 1 aliphatic carbocycles. The lowest BCUT2D eigenvalue weighted by Crippen LogP contribution is -2.49. The Kier molecular flexibility index (Phi) is 6.81. The van der Waals surface area contributed by atoms with Crippen molar-refractivity contribution in [2.24, 2.45) is 13.0 Å². The first-order valence-corrected chi connectivity index (χ1v) is 11.3. The van der Waals surface area contributed by atoms with Gasteiger partial charge in [-0.3, -0.25) is 19.3 Å². The van der Waals surface area contributed by atoms with Gasteiger partial charge in [0.05, 0.1) is 29.3 Å². The largest absolute Gasteiger partial charge is 0.361 e.